The van der Waals surface area contributed by atoms with E-state index in [1.165, 1.54) is 24.3 Å². The van der Waals surface area contributed by atoms with Crippen LogP contribution in [-0.4, -0.2) is 20.4 Å². The van der Waals surface area contributed by atoms with Crippen molar-refractivity contribution in [1.29, 1.82) is 0 Å². The first-order valence-electron chi connectivity index (χ1n) is 7.87. The van der Waals surface area contributed by atoms with Gasteiger partial charge in [-0.1, -0.05) is 24.3 Å². The van der Waals surface area contributed by atoms with Crippen LogP contribution in [0.2, 0.25) is 0 Å². The number of rotatable bonds is 8. The highest BCUT2D eigenvalue weighted by Crippen LogP contribution is 2.14. The average Bonchev–Trinajstić information content (AvgIpc) is 2.59. The Labute approximate surface area is 148 Å². The number of carbonyl (C=O) groups is 1. The number of ether oxygens (including phenoxy) is 1. The van der Waals surface area contributed by atoms with Gasteiger partial charge in [0.15, 0.2) is 0 Å². The summed E-state index contributed by atoms with van der Waals surface area (Å²) in [6.07, 6.45) is 0.0912. The zero-order valence-corrected chi connectivity index (χ0v) is 15.0. The number of hydrogen-bond donors (Lipinski definition) is 2. The van der Waals surface area contributed by atoms with Crippen LogP contribution in [0.25, 0.3) is 0 Å². The molecule has 6 nitrogen and oxygen atoms in total. The third-order valence-corrected chi connectivity index (χ3v) is 5.01. The van der Waals surface area contributed by atoms with Gasteiger partial charge in [-0.05, 0) is 49.2 Å². The maximum atomic E-state index is 12.4. The summed E-state index contributed by atoms with van der Waals surface area (Å²) in [5.74, 6) is -0.601. The van der Waals surface area contributed by atoms with Crippen molar-refractivity contribution < 1.29 is 17.9 Å². The van der Waals surface area contributed by atoms with E-state index in [1.54, 1.807) is 0 Å². The van der Waals surface area contributed by atoms with Crippen molar-refractivity contribution in [2.24, 2.45) is 5.73 Å². The summed E-state index contributed by atoms with van der Waals surface area (Å²) >= 11 is 0. The molecule has 3 N–H and O–H groups in total. The molecule has 2 aromatic rings. The Kier molecular flexibility index (Phi) is 6.30. The van der Waals surface area contributed by atoms with Crippen molar-refractivity contribution in [3.63, 3.8) is 0 Å². The van der Waals surface area contributed by atoms with Gasteiger partial charge in [-0.25, -0.2) is 13.1 Å². The Morgan fingerprint density at radius 3 is 2.24 bits per heavy atom. The molecule has 0 spiro atoms. The van der Waals surface area contributed by atoms with Gasteiger partial charge in [0.2, 0.25) is 15.9 Å². The molecule has 0 heterocycles. The second-order valence-electron chi connectivity index (χ2n) is 5.84. The Hall–Kier alpha value is -2.22. The lowest BCUT2D eigenvalue weighted by Crippen LogP contribution is -2.24. The van der Waals surface area contributed by atoms with Crippen LogP contribution in [0.5, 0.6) is 0 Å². The lowest BCUT2D eigenvalue weighted by atomic mass is 10.1. The molecule has 0 radical (unpaired) electrons. The molecule has 0 aliphatic rings. The molecule has 1 amide bonds. The summed E-state index contributed by atoms with van der Waals surface area (Å²) in [4.78, 5) is 11.1. The van der Waals surface area contributed by atoms with Gasteiger partial charge in [0.1, 0.15) is 0 Å². The van der Waals surface area contributed by atoms with Crippen molar-refractivity contribution in [2.45, 2.75) is 38.0 Å². The van der Waals surface area contributed by atoms with Crippen molar-refractivity contribution in [1.82, 2.24) is 4.72 Å². The molecule has 0 unspecified atom stereocenters. The first kappa shape index (κ1) is 19.1. The van der Waals surface area contributed by atoms with Crippen LogP contribution in [0.4, 0.5) is 0 Å². The molecule has 25 heavy (non-hydrogen) atoms. The zero-order chi connectivity index (χ0) is 18.4. The van der Waals surface area contributed by atoms with Crippen molar-refractivity contribution in [3.8, 4) is 0 Å². The van der Waals surface area contributed by atoms with E-state index in [2.05, 4.69) is 4.72 Å². The Morgan fingerprint density at radius 1 is 1.08 bits per heavy atom. The van der Waals surface area contributed by atoms with Crippen molar-refractivity contribution in [3.05, 3.63) is 65.2 Å². The lowest BCUT2D eigenvalue weighted by molar-refractivity contribution is 0.0652. The fraction of sp³-hybridized carbons (Fsp3) is 0.278. The smallest absolute Gasteiger partial charge is 0.248 e. The molecular weight excluding hydrogens is 340 g/mol. The third kappa shape index (κ3) is 5.38. The van der Waals surface area contributed by atoms with Crippen LogP contribution in [0.3, 0.4) is 0 Å². The van der Waals surface area contributed by atoms with Gasteiger partial charge in [0, 0.05) is 12.1 Å². The van der Waals surface area contributed by atoms with Gasteiger partial charge >= 0.3 is 0 Å². The first-order valence-corrected chi connectivity index (χ1v) is 9.36. The molecule has 0 fully saturated rings. The number of nitrogens with two attached hydrogens (primary N) is 1. The van der Waals surface area contributed by atoms with E-state index in [-0.39, 0.29) is 23.1 Å². The quantitative estimate of drug-likeness (QED) is 0.752. The fourth-order valence-corrected chi connectivity index (χ4v) is 3.19. The van der Waals surface area contributed by atoms with E-state index in [1.807, 2.05) is 38.1 Å². The van der Waals surface area contributed by atoms with Crippen LogP contribution in [0.15, 0.2) is 53.4 Å². The molecule has 0 aliphatic carbocycles. The highest BCUT2D eigenvalue weighted by molar-refractivity contribution is 7.89. The predicted octanol–water partition coefficient (Wildman–Crippen LogP) is 2.19. The molecule has 0 aliphatic heterocycles. The van der Waals surface area contributed by atoms with Gasteiger partial charge in [0.05, 0.1) is 17.6 Å². The lowest BCUT2D eigenvalue weighted by Gasteiger charge is -2.13. The fourth-order valence-electron chi connectivity index (χ4n) is 2.18. The molecule has 2 aromatic carbocycles. The monoisotopic (exact) mass is 362 g/mol. The molecule has 0 atom stereocenters. The summed E-state index contributed by atoms with van der Waals surface area (Å²) in [7, 11) is -3.69. The van der Waals surface area contributed by atoms with Gasteiger partial charge in [0.25, 0.3) is 0 Å². The van der Waals surface area contributed by atoms with E-state index in [0.717, 1.165) is 11.1 Å². The molecule has 0 saturated carbocycles. The number of carbonyl (C=O) groups excluding carboxylic acids is 1. The number of primary amides is 1. The number of nitrogens with one attached hydrogen (secondary N) is 1. The normalized spacial score (nSPS) is 11.6. The minimum Gasteiger partial charge on any atom is -0.374 e. The third-order valence-electron chi connectivity index (χ3n) is 3.59. The Balaban J connectivity index is 2.10. The number of sulfonamides is 1. The molecular formula is C18H22N2O4S. The molecule has 0 saturated heterocycles. The minimum absolute atomic E-state index is 0.0772. The summed E-state index contributed by atoms with van der Waals surface area (Å²) in [5, 5.41) is 0. The number of benzene rings is 2. The van der Waals surface area contributed by atoms with Crippen LogP contribution in [-0.2, 0) is 27.9 Å². The van der Waals surface area contributed by atoms with Gasteiger partial charge in [-0.15, -0.1) is 0 Å². The van der Waals surface area contributed by atoms with E-state index >= 15 is 0 Å². The minimum atomic E-state index is -3.69. The second-order valence-corrected chi connectivity index (χ2v) is 7.61. The van der Waals surface area contributed by atoms with Crippen LogP contribution >= 0.6 is 0 Å². The summed E-state index contributed by atoms with van der Waals surface area (Å²) in [5.41, 5.74) is 7.20. The SMILES string of the molecule is CC(C)OCc1ccccc1CNS(=O)(=O)c1ccc(C(N)=O)cc1. The average molecular weight is 362 g/mol. The van der Waals surface area contributed by atoms with Gasteiger partial charge in [-0.3, -0.25) is 4.79 Å². The molecule has 2 rings (SSSR count). The summed E-state index contributed by atoms with van der Waals surface area (Å²) < 4.78 is 33.0. The van der Waals surface area contributed by atoms with E-state index < -0.39 is 15.9 Å². The maximum Gasteiger partial charge on any atom is 0.248 e. The molecule has 0 aromatic heterocycles. The van der Waals surface area contributed by atoms with Crippen LogP contribution in [0.1, 0.15) is 35.3 Å². The molecule has 0 bridgehead atoms. The van der Waals surface area contributed by atoms with Crippen LogP contribution < -0.4 is 10.5 Å². The van der Waals surface area contributed by atoms with E-state index in [0.29, 0.717) is 6.61 Å². The highest BCUT2D eigenvalue weighted by atomic mass is 32.2. The Morgan fingerprint density at radius 2 is 1.68 bits per heavy atom. The summed E-state index contributed by atoms with van der Waals surface area (Å²) in [6, 6.07) is 13.0. The first-order chi connectivity index (χ1) is 11.8. The standard InChI is InChI=1S/C18H22N2O4S/c1-13(2)24-12-16-6-4-3-5-15(16)11-20-25(22,23)17-9-7-14(8-10-17)18(19)21/h3-10,13,20H,11-12H2,1-2H3,(H2,19,21). The summed E-state index contributed by atoms with van der Waals surface area (Å²) in [6.45, 7) is 4.46. The molecule has 7 heteroatoms. The Bertz CT molecular complexity index is 830. The predicted molar refractivity (Wildman–Crippen MR) is 95.4 cm³/mol. The second kappa shape index (κ2) is 8.24. The maximum absolute atomic E-state index is 12.4. The van der Waals surface area contributed by atoms with E-state index in [4.69, 9.17) is 10.5 Å². The largest absolute Gasteiger partial charge is 0.374 e. The highest BCUT2D eigenvalue weighted by Gasteiger charge is 2.15. The van der Waals surface area contributed by atoms with Gasteiger partial charge in [-0.2, -0.15) is 0 Å². The van der Waals surface area contributed by atoms with Gasteiger partial charge < -0.3 is 10.5 Å². The zero-order valence-electron chi connectivity index (χ0n) is 14.2. The van der Waals surface area contributed by atoms with Crippen LogP contribution in [0, 0.1) is 0 Å². The van der Waals surface area contributed by atoms with E-state index in [9.17, 15) is 13.2 Å². The van der Waals surface area contributed by atoms with Crippen molar-refractivity contribution in [2.75, 3.05) is 0 Å². The van der Waals surface area contributed by atoms with Crippen molar-refractivity contribution >= 4 is 15.9 Å². The topological polar surface area (TPSA) is 98.5 Å². The number of amides is 1. The molecule has 134 valence electrons. The number of hydrogen-bond acceptors (Lipinski definition) is 4.